The monoisotopic (exact) mass is 400 g/mol. The lowest BCUT2D eigenvalue weighted by molar-refractivity contribution is 0.476. The van der Waals surface area contributed by atoms with E-state index in [2.05, 4.69) is 4.98 Å². The smallest absolute Gasteiger partial charge is 0.261 e. The number of hydrogen-bond acceptors (Lipinski definition) is 3. The Bertz CT molecular complexity index is 1230. The molecule has 0 saturated heterocycles. The topological polar surface area (TPSA) is 55.1 Å². The van der Waals surface area contributed by atoms with Crippen LogP contribution in [0.1, 0.15) is 11.3 Å². The van der Waals surface area contributed by atoms with Crippen molar-refractivity contribution in [3.63, 3.8) is 0 Å². The summed E-state index contributed by atoms with van der Waals surface area (Å²) in [6.45, 7) is 2.15. The molecular weight excluding hydrogens is 379 g/mol. The van der Waals surface area contributed by atoms with Gasteiger partial charge in [0.1, 0.15) is 17.4 Å². The van der Waals surface area contributed by atoms with Crippen LogP contribution in [0.3, 0.4) is 0 Å². The fourth-order valence-corrected chi connectivity index (χ4v) is 3.57. The van der Waals surface area contributed by atoms with E-state index in [0.29, 0.717) is 41.2 Å². The molecule has 0 aliphatic carbocycles. The molecule has 4 rings (SSSR count). The number of hydrogen-bond donors (Lipinski definition) is 1. The van der Waals surface area contributed by atoms with Crippen molar-refractivity contribution in [3.05, 3.63) is 106 Å². The Labute approximate surface area is 173 Å². The molecule has 0 aliphatic heterocycles. The van der Waals surface area contributed by atoms with Crippen molar-refractivity contribution in [3.8, 4) is 28.3 Å². The Kier molecular flexibility index (Phi) is 5.44. The zero-order chi connectivity index (χ0) is 21.1. The van der Waals surface area contributed by atoms with Crippen LogP contribution in [-0.4, -0.2) is 14.7 Å². The van der Waals surface area contributed by atoms with E-state index >= 15 is 0 Å². The molecule has 1 N–H and O–H groups in total. The van der Waals surface area contributed by atoms with Crippen LogP contribution in [0.4, 0.5) is 4.39 Å². The zero-order valence-corrected chi connectivity index (χ0v) is 16.5. The molecule has 150 valence electrons. The Morgan fingerprint density at radius 1 is 0.933 bits per heavy atom. The van der Waals surface area contributed by atoms with Crippen molar-refractivity contribution in [2.75, 3.05) is 0 Å². The largest absolute Gasteiger partial charge is 0.507 e. The first-order chi connectivity index (χ1) is 14.5. The molecular formula is C25H21FN2O2. The predicted molar refractivity (Wildman–Crippen MR) is 116 cm³/mol. The summed E-state index contributed by atoms with van der Waals surface area (Å²) in [5, 5.41) is 10.4. The molecule has 0 aliphatic rings. The summed E-state index contributed by atoms with van der Waals surface area (Å²) >= 11 is 0. The SMILES string of the molecule is Cc1nc(-c2ccccc2O)n(CCc2ccccc2)c(=O)c1-c1ccc(F)cc1. The molecule has 0 amide bonds. The lowest BCUT2D eigenvalue weighted by atomic mass is 10.0. The number of aromatic nitrogens is 2. The van der Waals surface area contributed by atoms with Crippen LogP contribution < -0.4 is 5.56 Å². The molecule has 0 unspecified atom stereocenters. The van der Waals surface area contributed by atoms with Gasteiger partial charge in [-0.1, -0.05) is 54.6 Å². The van der Waals surface area contributed by atoms with Crippen molar-refractivity contribution < 1.29 is 9.50 Å². The first kappa shape index (κ1) is 19.6. The molecule has 0 fully saturated rings. The summed E-state index contributed by atoms with van der Waals surface area (Å²) in [6.07, 6.45) is 0.634. The van der Waals surface area contributed by atoms with E-state index in [9.17, 15) is 14.3 Å². The molecule has 4 aromatic rings. The fraction of sp³-hybridized carbons (Fsp3) is 0.120. The molecule has 1 heterocycles. The van der Waals surface area contributed by atoms with Crippen LogP contribution in [0.15, 0.2) is 83.7 Å². The van der Waals surface area contributed by atoms with Gasteiger partial charge in [-0.25, -0.2) is 9.37 Å². The van der Waals surface area contributed by atoms with Crippen LogP contribution >= 0.6 is 0 Å². The molecule has 0 atom stereocenters. The summed E-state index contributed by atoms with van der Waals surface area (Å²) in [7, 11) is 0. The third-order valence-corrected chi connectivity index (χ3v) is 5.09. The first-order valence-corrected chi connectivity index (χ1v) is 9.74. The standard InChI is InChI=1S/C25H21FN2O2/c1-17-23(19-11-13-20(26)14-12-19)25(30)28(16-15-18-7-3-2-4-8-18)24(27-17)21-9-5-6-10-22(21)29/h2-14,29H,15-16H2,1H3. The third kappa shape index (κ3) is 3.87. The van der Waals surface area contributed by atoms with Crippen molar-refractivity contribution >= 4 is 0 Å². The number of rotatable bonds is 5. The second kappa shape index (κ2) is 8.33. The Morgan fingerprint density at radius 2 is 1.60 bits per heavy atom. The van der Waals surface area contributed by atoms with Gasteiger partial charge in [-0.2, -0.15) is 0 Å². The number of nitrogens with zero attached hydrogens (tertiary/aromatic N) is 2. The van der Waals surface area contributed by atoms with Crippen LogP contribution in [0, 0.1) is 12.7 Å². The quantitative estimate of drug-likeness (QED) is 0.514. The van der Waals surface area contributed by atoms with Crippen LogP contribution in [0.2, 0.25) is 0 Å². The summed E-state index contributed by atoms with van der Waals surface area (Å²) in [4.78, 5) is 18.2. The van der Waals surface area contributed by atoms with Gasteiger partial charge in [-0.15, -0.1) is 0 Å². The van der Waals surface area contributed by atoms with Crippen LogP contribution in [-0.2, 0) is 13.0 Å². The van der Waals surface area contributed by atoms with Crippen molar-refractivity contribution in [1.29, 1.82) is 0 Å². The molecule has 0 saturated carbocycles. The molecule has 3 aromatic carbocycles. The van der Waals surface area contributed by atoms with Gasteiger partial charge in [0.25, 0.3) is 5.56 Å². The minimum absolute atomic E-state index is 0.0618. The van der Waals surface area contributed by atoms with E-state index in [1.54, 1.807) is 47.9 Å². The maximum absolute atomic E-state index is 13.5. The Balaban J connectivity index is 1.88. The van der Waals surface area contributed by atoms with Crippen molar-refractivity contribution in [2.45, 2.75) is 19.9 Å². The average molecular weight is 400 g/mol. The summed E-state index contributed by atoms with van der Waals surface area (Å²) < 4.78 is 15.0. The van der Waals surface area contributed by atoms with Gasteiger partial charge in [0.05, 0.1) is 16.8 Å². The fourth-order valence-electron chi connectivity index (χ4n) is 3.57. The van der Waals surface area contributed by atoms with Crippen molar-refractivity contribution in [2.24, 2.45) is 0 Å². The van der Waals surface area contributed by atoms with E-state index in [0.717, 1.165) is 5.56 Å². The van der Waals surface area contributed by atoms with E-state index in [1.165, 1.54) is 12.1 Å². The Morgan fingerprint density at radius 3 is 2.30 bits per heavy atom. The Hall–Kier alpha value is -3.73. The van der Waals surface area contributed by atoms with Gasteiger partial charge in [0.2, 0.25) is 0 Å². The molecule has 0 spiro atoms. The molecule has 0 radical (unpaired) electrons. The zero-order valence-electron chi connectivity index (χ0n) is 16.5. The predicted octanol–water partition coefficient (Wildman–Crippen LogP) is 4.97. The third-order valence-electron chi connectivity index (χ3n) is 5.09. The maximum atomic E-state index is 13.5. The van der Waals surface area contributed by atoms with E-state index in [-0.39, 0.29) is 17.1 Å². The minimum Gasteiger partial charge on any atom is -0.507 e. The lowest BCUT2D eigenvalue weighted by Crippen LogP contribution is -2.27. The van der Waals surface area contributed by atoms with E-state index in [4.69, 9.17) is 0 Å². The second-order valence-corrected chi connectivity index (χ2v) is 7.11. The van der Waals surface area contributed by atoms with Gasteiger partial charge in [0.15, 0.2) is 0 Å². The van der Waals surface area contributed by atoms with Crippen LogP contribution in [0.25, 0.3) is 22.5 Å². The molecule has 5 heteroatoms. The summed E-state index contributed by atoms with van der Waals surface area (Å²) in [5.74, 6) is 0.115. The van der Waals surface area contributed by atoms with Gasteiger partial charge in [-0.3, -0.25) is 9.36 Å². The number of phenolic OH excluding ortho intramolecular Hbond substituents is 1. The van der Waals surface area contributed by atoms with Gasteiger partial charge >= 0.3 is 0 Å². The lowest BCUT2D eigenvalue weighted by Gasteiger charge is -2.17. The highest BCUT2D eigenvalue weighted by Crippen LogP contribution is 2.29. The molecule has 0 bridgehead atoms. The maximum Gasteiger partial charge on any atom is 0.261 e. The highest BCUT2D eigenvalue weighted by atomic mass is 19.1. The van der Waals surface area contributed by atoms with Gasteiger partial charge < -0.3 is 5.11 Å². The number of halogens is 1. The minimum atomic E-state index is -0.361. The van der Waals surface area contributed by atoms with Crippen molar-refractivity contribution in [1.82, 2.24) is 9.55 Å². The highest BCUT2D eigenvalue weighted by Gasteiger charge is 2.18. The number of benzene rings is 3. The molecule has 4 nitrogen and oxygen atoms in total. The summed E-state index contributed by atoms with van der Waals surface area (Å²) in [5.41, 5.74) is 2.95. The number of aromatic hydroxyl groups is 1. The summed E-state index contributed by atoms with van der Waals surface area (Å²) in [6, 6.07) is 22.6. The van der Waals surface area contributed by atoms with E-state index < -0.39 is 0 Å². The first-order valence-electron chi connectivity index (χ1n) is 9.74. The molecule has 30 heavy (non-hydrogen) atoms. The van der Waals surface area contributed by atoms with E-state index in [1.807, 2.05) is 30.3 Å². The highest BCUT2D eigenvalue weighted by molar-refractivity contribution is 5.69. The number of para-hydroxylation sites is 1. The number of phenols is 1. The van der Waals surface area contributed by atoms with Gasteiger partial charge in [-0.05, 0) is 48.7 Å². The normalized spacial score (nSPS) is 10.9. The van der Waals surface area contributed by atoms with Crippen LogP contribution in [0.5, 0.6) is 5.75 Å². The molecule has 1 aromatic heterocycles. The second-order valence-electron chi connectivity index (χ2n) is 7.11. The van der Waals surface area contributed by atoms with Gasteiger partial charge in [0, 0.05) is 6.54 Å². The number of aryl methyl sites for hydroxylation is 2. The average Bonchev–Trinajstić information content (AvgIpc) is 2.75.